The Labute approximate surface area is 110 Å². The number of imidazole rings is 1. The molecule has 19 heavy (non-hydrogen) atoms. The van der Waals surface area contributed by atoms with Crippen molar-refractivity contribution in [1.82, 2.24) is 14.7 Å². The standard InChI is InChI=1S/C13H16N4O2/c1-19-13(18)11-10-7-8(14)4-6-17(10)12(16-11)9-3-2-5-15-9/h4,6-7,9,15H,2-3,5,14H2,1H3. The van der Waals surface area contributed by atoms with Crippen LogP contribution in [0.4, 0.5) is 5.69 Å². The molecule has 1 saturated heterocycles. The molecule has 0 spiro atoms. The number of anilines is 1. The maximum absolute atomic E-state index is 11.8. The van der Waals surface area contributed by atoms with Crippen molar-refractivity contribution in [3.05, 3.63) is 29.8 Å². The third-order valence-corrected chi connectivity index (χ3v) is 3.45. The lowest BCUT2D eigenvalue weighted by Gasteiger charge is -2.08. The minimum atomic E-state index is -0.438. The highest BCUT2D eigenvalue weighted by Crippen LogP contribution is 2.26. The first-order chi connectivity index (χ1) is 9.20. The van der Waals surface area contributed by atoms with Crippen molar-refractivity contribution in [3.8, 4) is 0 Å². The van der Waals surface area contributed by atoms with Gasteiger partial charge in [-0.3, -0.25) is 0 Å². The summed E-state index contributed by atoms with van der Waals surface area (Å²) in [6.45, 7) is 0.974. The first-order valence-electron chi connectivity index (χ1n) is 6.30. The predicted octanol–water partition coefficient (Wildman–Crippen LogP) is 1.13. The van der Waals surface area contributed by atoms with E-state index < -0.39 is 5.97 Å². The lowest BCUT2D eigenvalue weighted by atomic mass is 10.2. The normalized spacial score (nSPS) is 18.9. The molecule has 0 amide bonds. The Morgan fingerprint density at radius 3 is 3.16 bits per heavy atom. The number of nitrogens with two attached hydrogens (primary N) is 1. The van der Waals surface area contributed by atoms with Crippen LogP contribution in [0.5, 0.6) is 0 Å². The van der Waals surface area contributed by atoms with Gasteiger partial charge in [-0.25, -0.2) is 9.78 Å². The number of ether oxygens (including phenoxy) is 1. The number of esters is 1. The molecule has 3 heterocycles. The van der Waals surface area contributed by atoms with E-state index in [4.69, 9.17) is 10.5 Å². The molecule has 0 aliphatic carbocycles. The summed E-state index contributed by atoms with van der Waals surface area (Å²) in [5.41, 5.74) is 7.40. The van der Waals surface area contributed by atoms with Crippen LogP contribution < -0.4 is 11.1 Å². The predicted molar refractivity (Wildman–Crippen MR) is 70.9 cm³/mol. The van der Waals surface area contributed by atoms with Crippen LogP contribution in [0.1, 0.15) is 35.2 Å². The van der Waals surface area contributed by atoms with Crippen molar-refractivity contribution >= 4 is 17.2 Å². The average Bonchev–Trinajstić information content (AvgIpc) is 3.03. The molecular weight excluding hydrogens is 244 g/mol. The second-order valence-electron chi connectivity index (χ2n) is 4.67. The number of nitrogen functional groups attached to an aromatic ring is 1. The number of pyridine rings is 1. The number of methoxy groups -OCH3 is 1. The zero-order chi connectivity index (χ0) is 13.4. The Morgan fingerprint density at radius 2 is 2.47 bits per heavy atom. The summed E-state index contributed by atoms with van der Waals surface area (Å²) < 4.78 is 6.69. The molecule has 1 unspecified atom stereocenters. The van der Waals surface area contributed by atoms with Gasteiger partial charge in [0.2, 0.25) is 0 Å². The first-order valence-corrected chi connectivity index (χ1v) is 6.30. The monoisotopic (exact) mass is 260 g/mol. The second-order valence-corrected chi connectivity index (χ2v) is 4.67. The Morgan fingerprint density at radius 1 is 1.63 bits per heavy atom. The summed E-state index contributed by atoms with van der Waals surface area (Å²) in [6.07, 6.45) is 3.98. The number of carbonyl (C=O) groups excluding carboxylic acids is 1. The number of fused-ring (bicyclic) bond motifs is 1. The van der Waals surface area contributed by atoms with Crippen LogP contribution in [-0.2, 0) is 4.74 Å². The van der Waals surface area contributed by atoms with Crippen LogP contribution in [0, 0.1) is 0 Å². The molecule has 100 valence electrons. The van der Waals surface area contributed by atoms with Gasteiger partial charge >= 0.3 is 5.97 Å². The smallest absolute Gasteiger partial charge is 0.358 e. The number of carbonyl (C=O) groups is 1. The lowest BCUT2D eigenvalue weighted by Crippen LogP contribution is -2.16. The molecule has 2 aromatic rings. The van der Waals surface area contributed by atoms with E-state index >= 15 is 0 Å². The van der Waals surface area contributed by atoms with Crippen molar-refractivity contribution < 1.29 is 9.53 Å². The third kappa shape index (κ3) is 1.94. The van der Waals surface area contributed by atoms with Gasteiger partial charge in [0.15, 0.2) is 5.69 Å². The van der Waals surface area contributed by atoms with Gasteiger partial charge in [-0.2, -0.15) is 0 Å². The fraction of sp³-hybridized carbons (Fsp3) is 0.385. The van der Waals surface area contributed by atoms with Crippen LogP contribution in [0.2, 0.25) is 0 Å². The largest absolute Gasteiger partial charge is 0.464 e. The van der Waals surface area contributed by atoms with E-state index in [1.165, 1.54) is 7.11 Å². The van der Waals surface area contributed by atoms with Gasteiger partial charge in [-0.05, 0) is 31.5 Å². The number of rotatable bonds is 2. The second kappa shape index (κ2) is 4.55. The molecule has 0 radical (unpaired) electrons. The molecule has 1 fully saturated rings. The summed E-state index contributed by atoms with van der Waals surface area (Å²) in [6, 6.07) is 3.72. The van der Waals surface area contributed by atoms with Crippen LogP contribution in [0.15, 0.2) is 18.3 Å². The number of nitrogens with one attached hydrogen (secondary N) is 1. The average molecular weight is 260 g/mol. The van der Waals surface area contributed by atoms with Crippen molar-refractivity contribution in [3.63, 3.8) is 0 Å². The number of nitrogens with zero attached hydrogens (tertiary/aromatic N) is 2. The van der Waals surface area contributed by atoms with E-state index in [1.807, 2.05) is 10.6 Å². The highest BCUT2D eigenvalue weighted by molar-refractivity contribution is 5.95. The van der Waals surface area contributed by atoms with Gasteiger partial charge in [0.1, 0.15) is 5.82 Å². The van der Waals surface area contributed by atoms with E-state index in [0.29, 0.717) is 16.9 Å². The Hall–Kier alpha value is -2.08. The molecule has 3 rings (SSSR count). The van der Waals surface area contributed by atoms with Crippen molar-refractivity contribution in [2.75, 3.05) is 19.4 Å². The van der Waals surface area contributed by atoms with Crippen molar-refractivity contribution in [2.24, 2.45) is 0 Å². The molecule has 0 saturated carbocycles. The Kier molecular flexibility index (Phi) is 2.87. The molecule has 6 nitrogen and oxygen atoms in total. The van der Waals surface area contributed by atoms with E-state index in [-0.39, 0.29) is 6.04 Å². The maximum Gasteiger partial charge on any atom is 0.358 e. The topological polar surface area (TPSA) is 81.6 Å². The maximum atomic E-state index is 11.8. The molecule has 1 atom stereocenters. The molecule has 1 aliphatic heterocycles. The van der Waals surface area contributed by atoms with Gasteiger partial charge in [-0.1, -0.05) is 0 Å². The minimum Gasteiger partial charge on any atom is -0.464 e. The summed E-state index contributed by atoms with van der Waals surface area (Å²) in [5, 5.41) is 3.38. The van der Waals surface area contributed by atoms with E-state index in [9.17, 15) is 4.79 Å². The molecule has 2 aromatic heterocycles. The fourth-order valence-electron chi connectivity index (χ4n) is 2.52. The third-order valence-electron chi connectivity index (χ3n) is 3.45. The van der Waals surface area contributed by atoms with E-state index in [0.717, 1.165) is 25.2 Å². The first kappa shape index (κ1) is 12.0. The highest BCUT2D eigenvalue weighted by atomic mass is 16.5. The van der Waals surface area contributed by atoms with Crippen LogP contribution in [-0.4, -0.2) is 29.0 Å². The van der Waals surface area contributed by atoms with Crippen LogP contribution in [0.3, 0.4) is 0 Å². The molecule has 6 heteroatoms. The molecule has 0 bridgehead atoms. The number of aromatic nitrogens is 2. The quantitative estimate of drug-likeness (QED) is 0.791. The fourth-order valence-corrected chi connectivity index (χ4v) is 2.52. The van der Waals surface area contributed by atoms with Crippen molar-refractivity contribution in [1.29, 1.82) is 0 Å². The Bertz CT molecular complexity index is 629. The zero-order valence-corrected chi connectivity index (χ0v) is 10.7. The minimum absolute atomic E-state index is 0.175. The number of hydrogen-bond donors (Lipinski definition) is 2. The highest BCUT2D eigenvalue weighted by Gasteiger charge is 2.25. The summed E-state index contributed by atoms with van der Waals surface area (Å²) >= 11 is 0. The summed E-state index contributed by atoms with van der Waals surface area (Å²) in [4.78, 5) is 16.3. The molecule has 0 aromatic carbocycles. The molecule has 3 N–H and O–H groups in total. The molecular formula is C13H16N4O2. The van der Waals surface area contributed by atoms with Crippen LogP contribution in [0.25, 0.3) is 5.52 Å². The van der Waals surface area contributed by atoms with Gasteiger partial charge in [0, 0.05) is 11.9 Å². The molecule has 1 aliphatic rings. The van der Waals surface area contributed by atoms with Crippen LogP contribution >= 0.6 is 0 Å². The summed E-state index contributed by atoms with van der Waals surface area (Å²) in [7, 11) is 1.35. The number of hydrogen-bond acceptors (Lipinski definition) is 5. The Balaban J connectivity index is 2.19. The van der Waals surface area contributed by atoms with Crippen molar-refractivity contribution in [2.45, 2.75) is 18.9 Å². The van der Waals surface area contributed by atoms with Gasteiger partial charge < -0.3 is 20.2 Å². The van der Waals surface area contributed by atoms with Gasteiger partial charge in [-0.15, -0.1) is 0 Å². The van der Waals surface area contributed by atoms with Gasteiger partial charge in [0.25, 0.3) is 0 Å². The van der Waals surface area contributed by atoms with E-state index in [1.54, 1.807) is 12.1 Å². The SMILES string of the molecule is COC(=O)c1nc(C2CCCN2)n2ccc(N)cc12. The lowest BCUT2D eigenvalue weighted by molar-refractivity contribution is 0.0596. The van der Waals surface area contributed by atoms with E-state index in [2.05, 4.69) is 10.3 Å². The van der Waals surface area contributed by atoms with Gasteiger partial charge in [0.05, 0.1) is 18.7 Å². The zero-order valence-electron chi connectivity index (χ0n) is 10.7. The summed E-state index contributed by atoms with van der Waals surface area (Å²) in [5.74, 6) is 0.403.